The molecule has 2 aromatic carbocycles. The van der Waals surface area contributed by atoms with Crippen LogP contribution in [0.5, 0.6) is 0 Å². The average Bonchev–Trinajstić information content (AvgIpc) is 3.12. The molecule has 1 N–H and O–H groups in total. The molecule has 0 radical (unpaired) electrons. The summed E-state index contributed by atoms with van der Waals surface area (Å²) in [4.78, 5) is 16.3. The van der Waals surface area contributed by atoms with E-state index in [1.54, 1.807) is 31.2 Å². The van der Waals surface area contributed by atoms with E-state index in [9.17, 15) is 13.6 Å². The van der Waals surface area contributed by atoms with Crippen LogP contribution in [0.3, 0.4) is 0 Å². The maximum absolute atomic E-state index is 13.8. The van der Waals surface area contributed by atoms with Crippen molar-refractivity contribution in [2.24, 2.45) is 0 Å². The second kappa shape index (κ2) is 8.39. The van der Waals surface area contributed by atoms with Crippen LogP contribution in [-0.4, -0.2) is 16.0 Å². The first-order valence-electron chi connectivity index (χ1n) is 8.25. The van der Waals surface area contributed by atoms with Crippen LogP contribution in [0.15, 0.2) is 51.5 Å². The highest BCUT2D eigenvalue weighted by molar-refractivity contribution is 9.10. The van der Waals surface area contributed by atoms with Gasteiger partial charge in [0.15, 0.2) is 0 Å². The Morgan fingerprint density at radius 2 is 1.96 bits per heavy atom. The maximum Gasteiger partial charge on any atom is 0.249 e. The topological polar surface area (TPSA) is 68.0 Å². The summed E-state index contributed by atoms with van der Waals surface area (Å²) in [7, 11) is 0. The SMILES string of the molecule is CC(NC(=O)CCc1ccc(Br)cc1F)c1nc(-c2ccc(F)cc2)no1. The predicted octanol–water partition coefficient (Wildman–Crippen LogP) is 4.59. The lowest BCUT2D eigenvalue weighted by molar-refractivity contribution is -0.121. The number of carbonyl (C=O) groups excluding carboxylic acids is 1. The lowest BCUT2D eigenvalue weighted by Gasteiger charge is -2.10. The van der Waals surface area contributed by atoms with E-state index in [1.165, 1.54) is 18.2 Å². The van der Waals surface area contributed by atoms with Crippen molar-refractivity contribution in [3.8, 4) is 11.4 Å². The van der Waals surface area contributed by atoms with Gasteiger partial charge in [-0.25, -0.2) is 8.78 Å². The fourth-order valence-electron chi connectivity index (χ4n) is 2.48. The first-order valence-corrected chi connectivity index (χ1v) is 9.04. The first-order chi connectivity index (χ1) is 12.9. The second-order valence-electron chi connectivity index (χ2n) is 5.99. The molecule has 0 spiro atoms. The Hall–Kier alpha value is -2.61. The van der Waals surface area contributed by atoms with Crippen LogP contribution in [0.25, 0.3) is 11.4 Å². The van der Waals surface area contributed by atoms with E-state index in [0.717, 1.165) is 0 Å². The zero-order valence-corrected chi connectivity index (χ0v) is 16.0. The summed E-state index contributed by atoms with van der Waals surface area (Å²) in [5, 5.41) is 6.59. The number of aryl methyl sites for hydroxylation is 1. The van der Waals surface area contributed by atoms with E-state index in [0.29, 0.717) is 21.4 Å². The fourth-order valence-corrected chi connectivity index (χ4v) is 2.81. The molecule has 1 atom stereocenters. The van der Waals surface area contributed by atoms with Gasteiger partial charge in [-0.05, 0) is 55.3 Å². The largest absolute Gasteiger partial charge is 0.345 e. The third-order valence-electron chi connectivity index (χ3n) is 3.93. The number of rotatable bonds is 6. The molecule has 0 fully saturated rings. The Labute approximate surface area is 162 Å². The van der Waals surface area contributed by atoms with Gasteiger partial charge in [-0.1, -0.05) is 27.2 Å². The molecule has 1 heterocycles. The predicted molar refractivity (Wildman–Crippen MR) is 98.7 cm³/mol. The van der Waals surface area contributed by atoms with Crippen LogP contribution >= 0.6 is 15.9 Å². The van der Waals surface area contributed by atoms with Gasteiger partial charge >= 0.3 is 0 Å². The van der Waals surface area contributed by atoms with Crippen molar-refractivity contribution in [2.45, 2.75) is 25.8 Å². The Morgan fingerprint density at radius 3 is 2.67 bits per heavy atom. The Balaban J connectivity index is 1.57. The van der Waals surface area contributed by atoms with Crippen LogP contribution < -0.4 is 5.32 Å². The molecule has 1 unspecified atom stereocenters. The maximum atomic E-state index is 13.8. The van der Waals surface area contributed by atoms with E-state index < -0.39 is 6.04 Å². The Bertz CT molecular complexity index is 944. The highest BCUT2D eigenvalue weighted by atomic mass is 79.9. The molecule has 0 aliphatic carbocycles. The molecule has 0 saturated heterocycles. The van der Waals surface area contributed by atoms with E-state index in [2.05, 4.69) is 31.4 Å². The minimum absolute atomic E-state index is 0.127. The van der Waals surface area contributed by atoms with Crippen LogP contribution in [-0.2, 0) is 11.2 Å². The molecular weight excluding hydrogens is 420 g/mol. The number of nitrogens with one attached hydrogen (secondary N) is 1. The Kier molecular flexibility index (Phi) is 5.95. The summed E-state index contributed by atoms with van der Waals surface area (Å²) >= 11 is 3.20. The van der Waals surface area contributed by atoms with Gasteiger partial charge in [-0.3, -0.25) is 4.79 Å². The van der Waals surface area contributed by atoms with Crippen molar-refractivity contribution in [2.75, 3.05) is 0 Å². The quantitative estimate of drug-likeness (QED) is 0.614. The van der Waals surface area contributed by atoms with Crippen LogP contribution in [0.2, 0.25) is 0 Å². The van der Waals surface area contributed by atoms with Crippen LogP contribution in [0, 0.1) is 11.6 Å². The number of nitrogens with zero attached hydrogens (tertiary/aromatic N) is 2. The van der Waals surface area contributed by atoms with Crippen molar-refractivity contribution < 1.29 is 18.1 Å². The first kappa shape index (κ1) is 19.2. The summed E-state index contributed by atoms with van der Waals surface area (Å²) in [5.74, 6) is -0.428. The van der Waals surface area contributed by atoms with Gasteiger partial charge in [0, 0.05) is 16.5 Å². The highest BCUT2D eigenvalue weighted by Crippen LogP contribution is 2.20. The normalized spacial score (nSPS) is 12.0. The molecule has 27 heavy (non-hydrogen) atoms. The minimum Gasteiger partial charge on any atom is -0.345 e. The number of amides is 1. The minimum atomic E-state index is -0.506. The summed E-state index contributed by atoms with van der Waals surface area (Å²) in [5.41, 5.74) is 1.08. The lowest BCUT2D eigenvalue weighted by atomic mass is 10.1. The molecule has 1 aromatic heterocycles. The molecule has 0 bridgehead atoms. The van der Waals surface area contributed by atoms with Gasteiger partial charge < -0.3 is 9.84 Å². The molecule has 5 nitrogen and oxygen atoms in total. The summed E-state index contributed by atoms with van der Waals surface area (Å²) in [6, 6.07) is 9.92. The smallest absolute Gasteiger partial charge is 0.249 e. The molecule has 140 valence electrons. The zero-order chi connectivity index (χ0) is 19.4. The summed E-state index contributed by atoms with van der Waals surface area (Å²) in [6.07, 6.45) is 0.407. The second-order valence-corrected chi connectivity index (χ2v) is 6.90. The number of hydrogen-bond donors (Lipinski definition) is 1. The van der Waals surface area contributed by atoms with Crippen LogP contribution in [0.4, 0.5) is 8.78 Å². The van der Waals surface area contributed by atoms with Crippen molar-refractivity contribution >= 4 is 21.8 Å². The molecule has 8 heteroatoms. The van der Waals surface area contributed by atoms with E-state index in [4.69, 9.17) is 4.52 Å². The summed E-state index contributed by atoms with van der Waals surface area (Å²) < 4.78 is 32.6. The number of hydrogen-bond acceptors (Lipinski definition) is 4. The van der Waals surface area contributed by atoms with Gasteiger partial charge in [0.25, 0.3) is 0 Å². The van der Waals surface area contributed by atoms with Gasteiger partial charge in [-0.2, -0.15) is 4.98 Å². The van der Waals surface area contributed by atoms with Crippen molar-refractivity contribution in [3.05, 3.63) is 70.0 Å². The molecule has 3 aromatic rings. The molecule has 1 amide bonds. The number of halogens is 3. The van der Waals surface area contributed by atoms with Gasteiger partial charge in [0.05, 0.1) is 0 Å². The number of aromatic nitrogens is 2. The van der Waals surface area contributed by atoms with E-state index in [1.807, 2.05) is 0 Å². The standard InChI is InChI=1S/C19H16BrF2N3O2/c1-11(19-24-18(25-27-19)13-3-7-15(21)8-4-13)23-17(26)9-5-12-2-6-14(20)10-16(12)22/h2-4,6-8,10-11H,5,9H2,1H3,(H,23,26). The van der Waals surface area contributed by atoms with Crippen molar-refractivity contribution in [1.82, 2.24) is 15.5 Å². The summed E-state index contributed by atoms with van der Waals surface area (Å²) in [6.45, 7) is 1.71. The fraction of sp³-hybridized carbons (Fsp3) is 0.211. The molecule has 0 aliphatic heterocycles. The third-order valence-corrected chi connectivity index (χ3v) is 4.42. The molecule has 0 saturated carbocycles. The molecular formula is C19H16BrF2N3O2. The molecule has 0 aliphatic rings. The van der Waals surface area contributed by atoms with Gasteiger partial charge in [0.2, 0.25) is 17.6 Å². The number of carbonyl (C=O) groups is 1. The van der Waals surface area contributed by atoms with Gasteiger partial charge in [0.1, 0.15) is 17.7 Å². The van der Waals surface area contributed by atoms with E-state index in [-0.39, 0.29) is 36.3 Å². The van der Waals surface area contributed by atoms with Crippen molar-refractivity contribution in [3.63, 3.8) is 0 Å². The molecule has 3 rings (SSSR count). The monoisotopic (exact) mass is 435 g/mol. The number of benzene rings is 2. The highest BCUT2D eigenvalue weighted by Gasteiger charge is 2.17. The zero-order valence-electron chi connectivity index (χ0n) is 14.4. The van der Waals surface area contributed by atoms with Gasteiger partial charge in [-0.15, -0.1) is 0 Å². The lowest BCUT2D eigenvalue weighted by Crippen LogP contribution is -2.27. The third kappa shape index (κ3) is 4.97. The Morgan fingerprint density at radius 1 is 1.22 bits per heavy atom. The van der Waals surface area contributed by atoms with Crippen LogP contribution in [0.1, 0.15) is 30.8 Å². The van der Waals surface area contributed by atoms with Crippen molar-refractivity contribution in [1.29, 1.82) is 0 Å². The van der Waals surface area contributed by atoms with E-state index >= 15 is 0 Å². The average molecular weight is 436 g/mol.